The Labute approximate surface area is 213 Å². The van der Waals surface area contributed by atoms with Crippen molar-refractivity contribution in [2.24, 2.45) is 4.99 Å². The van der Waals surface area contributed by atoms with Gasteiger partial charge in [0.2, 0.25) is 0 Å². The first-order valence-corrected chi connectivity index (χ1v) is 11.0. The Morgan fingerprint density at radius 1 is 1.06 bits per heavy atom. The Kier molecular flexibility index (Phi) is 10.9. The van der Waals surface area contributed by atoms with Crippen LogP contribution in [0.1, 0.15) is 24.0 Å². The Bertz CT molecular complexity index is 871. The first-order valence-electron chi connectivity index (χ1n) is 10.6. The molecule has 2 aromatic carbocycles. The molecule has 8 heteroatoms. The maximum atomic E-state index is 6.34. The lowest BCUT2D eigenvalue weighted by Crippen LogP contribution is -2.48. The molecule has 3 rings (SSSR count). The number of nitrogens with one attached hydrogen (secondary N) is 2. The van der Waals surface area contributed by atoms with Crippen LogP contribution in [0.3, 0.4) is 0 Å². The molecule has 1 aliphatic heterocycles. The zero-order valence-electron chi connectivity index (χ0n) is 18.9. The average Bonchev–Trinajstić information content (AvgIpc) is 2.82. The van der Waals surface area contributed by atoms with Gasteiger partial charge in [0.05, 0.1) is 14.2 Å². The molecule has 32 heavy (non-hydrogen) atoms. The van der Waals surface area contributed by atoms with Crippen LogP contribution >= 0.6 is 35.6 Å². The van der Waals surface area contributed by atoms with E-state index in [1.54, 1.807) is 21.3 Å². The highest BCUT2D eigenvalue weighted by atomic mass is 127. The normalized spacial score (nSPS) is 15.4. The SMILES string of the molecule is CN=C(NCCc1ccc(OC)cc1)NCC1(c2cc(Cl)ccc2OC)CCOCC1.I. The molecule has 0 spiro atoms. The van der Waals surface area contributed by atoms with Crippen molar-refractivity contribution in [3.63, 3.8) is 0 Å². The monoisotopic (exact) mass is 573 g/mol. The van der Waals surface area contributed by atoms with Gasteiger partial charge in [-0.25, -0.2) is 0 Å². The molecular weight excluding hydrogens is 541 g/mol. The Balaban J connectivity index is 0.00000363. The molecule has 2 N–H and O–H groups in total. The van der Waals surface area contributed by atoms with Crippen LogP contribution in [-0.4, -0.2) is 53.5 Å². The first-order chi connectivity index (χ1) is 15.1. The van der Waals surface area contributed by atoms with Crippen molar-refractivity contribution >= 4 is 41.5 Å². The molecule has 0 unspecified atom stereocenters. The Morgan fingerprint density at radius 3 is 2.41 bits per heavy atom. The van der Waals surface area contributed by atoms with E-state index in [-0.39, 0.29) is 29.4 Å². The van der Waals surface area contributed by atoms with Gasteiger partial charge in [-0.2, -0.15) is 0 Å². The highest BCUT2D eigenvalue weighted by Crippen LogP contribution is 2.40. The molecule has 6 nitrogen and oxygen atoms in total. The number of halogens is 2. The van der Waals surface area contributed by atoms with Crippen LogP contribution in [0.5, 0.6) is 11.5 Å². The first kappa shape index (κ1) is 26.5. The molecule has 1 fully saturated rings. The zero-order chi connectivity index (χ0) is 22.1. The largest absolute Gasteiger partial charge is 0.497 e. The number of ether oxygens (including phenoxy) is 3. The van der Waals surface area contributed by atoms with Crippen molar-refractivity contribution in [3.05, 3.63) is 58.6 Å². The van der Waals surface area contributed by atoms with Gasteiger partial charge in [-0.3, -0.25) is 4.99 Å². The third-order valence-corrected chi connectivity index (χ3v) is 6.10. The molecule has 0 bridgehead atoms. The quantitative estimate of drug-likeness (QED) is 0.278. The zero-order valence-corrected chi connectivity index (χ0v) is 22.0. The molecule has 0 radical (unpaired) electrons. The minimum absolute atomic E-state index is 0. The number of hydrogen-bond donors (Lipinski definition) is 2. The summed E-state index contributed by atoms with van der Waals surface area (Å²) >= 11 is 6.34. The smallest absolute Gasteiger partial charge is 0.191 e. The maximum Gasteiger partial charge on any atom is 0.191 e. The maximum absolute atomic E-state index is 6.34. The molecule has 0 saturated carbocycles. The molecule has 0 aromatic heterocycles. The van der Waals surface area contributed by atoms with Gasteiger partial charge >= 0.3 is 0 Å². The summed E-state index contributed by atoms with van der Waals surface area (Å²) < 4.78 is 16.5. The van der Waals surface area contributed by atoms with Crippen molar-refractivity contribution < 1.29 is 14.2 Å². The Morgan fingerprint density at radius 2 is 1.78 bits per heavy atom. The number of aliphatic imine (C=N–C) groups is 1. The van der Waals surface area contributed by atoms with Crippen molar-refractivity contribution in [1.82, 2.24) is 10.6 Å². The minimum Gasteiger partial charge on any atom is -0.497 e. The van der Waals surface area contributed by atoms with Gasteiger partial charge in [0.15, 0.2) is 5.96 Å². The molecule has 0 atom stereocenters. The molecular formula is C24H33ClIN3O3. The Hall–Kier alpha value is -1.71. The summed E-state index contributed by atoms with van der Waals surface area (Å²) in [5, 5.41) is 7.64. The summed E-state index contributed by atoms with van der Waals surface area (Å²) in [6, 6.07) is 14.0. The van der Waals surface area contributed by atoms with E-state index in [1.807, 2.05) is 30.3 Å². The fourth-order valence-corrected chi connectivity index (χ4v) is 4.16. The van der Waals surface area contributed by atoms with E-state index in [4.69, 9.17) is 25.8 Å². The van der Waals surface area contributed by atoms with Crippen LogP contribution in [0.4, 0.5) is 0 Å². The van der Waals surface area contributed by atoms with Gasteiger partial charge in [0.25, 0.3) is 0 Å². The van der Waals surface area contributed by atoms with Crippen LogP contribution in [0, 0.1) is 0 Å². The van der Waals surface area contributed by atoms with Gasteiger partial charge in [-0.05, 0) is 55.2 Å². The molecule has 176 valence electrons. The summed E-state index contributed by atoms with van der Waals surface area (Å²) in [6.07, 6.45) is 2.67. The standard InChI is InChI=1S/C24H32ClN3O3.HI/c1-26-23(27-13-10-18-4-7-20(29-2)8-5-18)28-17-24(11-14-31-15-12-24)21-16-19(25)6-9-22(21)30-3;/h4-9,16H,10-15,17H2,1-3H3,(H2,26,27,28);1H. The van der Waals surface area contributed by atoms with E-state index in [0.29, 0.717) is 18.2 Å². The number of methoxy groups -OCH3 is 2. The lowest BCUT2D eigenvalue weighted by atomic mass is 9.73. The molecule has 2 aromatic rings. The van der Waals surface area contributed by atoms with Crippen LogP contribution in [0.15, 0.2) is 47.5 Å². The average molecular weight is 574 g/mol. The summed E-state index contributed by atoms with van der Waals surface area (Å²) in [7, 11) is 5.17. The summed E-state index contributed by atoms with van der Waals surface area (Å²) in [6.45, 7) is 2.92. The van der Waals surface area contributed by atoms with Crippen molar-refractivity contribution in [2.75, 3.05) is 47.6 Å². The number of rotatable bonds is 8. The lowest BCUT2D eigenvalue weighted by Gasteiger charge is -2.39. The van der Waals surface area contributed by atoms with Gasteiger partial charge < -0.3 is 24.8 Å². The summed E-state index contributed by atoms with van der Waals surface area (Å²) in [4.78, 5) is 4.40. The topological polar surface area (TPSA) is 64.1 Å². The van der Waals surface area contributed by atoms with E-state index >= 15 is 0 Å². The summed E-state index contributed by atoms with van der Waals surface area (Å²) in [5.74, 6) is 2.50. The van der Waals surface area contributed by atoms with E-state index in [2.05, 4.69) is 27.8 Å². The van der Waals surface area contributed by atoms with E-state index in [1.165, 1.54) is 5.56 Å². The molecule has 0 amide bonds. The number of hydrogen-bond acceptors (Lipinski definition) is 4. The van der Waals surface area contributed by atoms with E-state index in [9.17, 15) is 0 Å². The van der Waals surface area contributed by atoms with Gasteiger partial charge in [0.1, 0.15) is 11.5 Å². The third-order valence-electron chi connectivity index (χ3n) is 5.87. The highest BCUT2D eigenvalue weighted by Gasteiger charge is 2.37. The second kappa shape index (κ2) is 13.1. The van der Waals surface area contributed by atoms with E-state index < -0.39 is 0 Å². The van der Waals surface area contributed by atoms with Crippen LogP contribution < -0.4 is 20.1 Å². The van der Waals surface area contributed by atoms with Crippen molar-refractivity contribution in [3.8, 4) is 11.5 Å². The van der Waals surface area contributed by atoms with Gasteiger partial charge in [0, 0.05) is 49.4 Å². The van der Waals surface area contributed by atoms with Gasteiger partial charge in [-0.15, -0.1) is 24.0 Å². The molecule has 0 aliphatic carbocycles. The van der Waals surface area contributed by atoms with Gasteiger partial charge in [-0.1, -0.05) is 23.7 Å². The predicted molar refractivity (Wildman–Crippen MR) is 141 cm³/mol. The molecule has 1 aliphatic rings. The number of benzene rings is 2. The number of guanidine groups is 1. The minimum atomic E-state index is -0.137. The van der Waals surface area contributed by atoms with Crippen molar-refractivity contribution in [1.29, 1.82) is 0 Å². The van der Waals surface area contributed by atoms with E-state index in [0.717, 1.165) is 55.4 Å². The van der Waals surface area contributed by atoms with Crippen LogP contribution in [0.25, 0.3) is 0 Å². The predicted octanol–water partition coefficient (Wildman–Crippen LogP) is 4.43. The van der Waals surface area contributed by atoms with Crippen LogP contribution in [-0.2, 0) is 16.6 Å². The summed E-state index contributed by atoms with van der Waals surface area (Å²) in [5.41, 5.74) is 2.22. The fraction of sp³-hybridized carbons (Fsp3) is 0.458. The molecule has 1 saturated heterocycles. The fourth-order valence-electron chi connectivity index (χ4n) is 3.99. The van der Waals surface area contributed by atoms with Crippen molar-refractivity contribution in [2.45, 2.75) is 24.7 Å². The third kappa shape index (κ3) is 6.89. The number of nitrogens with zero attached hydrogens (tertiary/aromatic N) is 1. The second-order valence-electron chi connectivity index (χ2n) is 7.69. The second-order valence-corrected chi connectivity index (χ2v) is 8.12. The highest BCUT2D eigenvalue weighted by molar-refractivity contribution is 14.0. The molecule has 1 heterocycles. The lowest BCUT2D eigenvalue weighted by molar-refractivity contribution is 0.0505. The van der Waals surface area contributed by atoms with Crippen LogP contribution in [0.2, 0.25) is 5.02 Å².